The van der Waals surface area contributed by atoms with E-state index >= 15 is 0 Å². The van der Waals surface area contributed by atoms with E-state index < -0.39 is 5.69 Å². The molecule has 0 aliphatic carbocycles. The summed E-state index contributed by atoms with van der Waals surface area (Å²) in [6, 6.07) is 14.3. The molecule has 33 heavy (non-hydrogen) atoms. The fourth-order valence-corrected chi connectivity index (χ4v) is 3.60. The Hall–Kier alpha value is -3.68. The molecule has 0 atom stereocenters. The van der Waals surface area contributed by atoms with Crippen molar-refractivity contribution in [2.45, 2.75) is 52.6 Å². The molecule has 3 aromatic rings. The second-order valence-corrected chi connectivity index (χ2v) is 8.06. The SMILES string of the molecule is CCCNC(=O)Cn1c(=O)n(CCCCC(=O)Nc2ccc(C)cc2)c(=O)c2ccccc21. The number of benzene rings is 2. The van der Waals surface area contributed by atoms with Crippen molar-refractivity contribution in [3.63, 3.8) is 0 Å². The highest BCUT2D eigenvalue weighted by Crippen LogP contribution is 2.11. The number of hydrogen-bond acceptors (Lipinski definition) is 4. The molecule has 0 spiro atoms. The normalized spacial score (nSPS) is 10.8. The number of anilines is 1. The van der Waals surface area contributed by atoms with E-state index in [4.69, 9.17) is 0 Å². The van der Waals surface area contributed by atoms with Gasteiger partial charge in [-0.15, -0.1) is 0 Å². The van der Waals surface area contributed by atoms with Crippen molar-refractivity contribution < 1.29 is 9.59 Å². The maximum absolute atomic E-state index is 13.1. The van der Waals surface area contributed by atoms with Crippen LogP contribution in [0.2, 0.25) is 0 Å². The molecule has 0 radical (unpaired) electrons. The van der Waals surface area contributed by atoms with Gasteiger partial charge in [-0.25, -0.2) is 4.79 Å². The first kappa shape index (κ1) is 24.0. The van der Waals surface area contributed by atoms with Crippen molar-refractivity contribution in [2.75, 3.05) is 11.9 Å². The van der Waals surface area contributed by atoms with E-state index in [0.29, 0.717) is 30.3 Å². The Kier molecular flexibility index (Phi) is 8.18. The van der Waals surface area contributed by atoms with Gasteiger partial charge in [-0.1, -0.05) is 36.8 Å². The highest BCUT2D eigenvalue weighted by Gasteiger charge is 2.15. The molecule has 1 heterocycles. The van der Waals surface area contributed by atoms with Crippen LogP contribution in [-0.2, 0) is 22.7 Å². The monoisotopic (exact) mass is 450 g/mol. The third-order valence-corrected chi connectivity index (χ3v) is 5.38. The second kappa shape index (κ2) is 11.3. The average Bonchev–Trinajstić information content (AvgIpc) is 2.81. The van der Waals surface area contributed by atoms with Crippen molar-refractivity contribution in [3.05, 3.63) is 74.9 Å². The fraction of sp³-hybridized carbons (Fsp3) is 0.360. The molecule has 0 unspecified atom stereocenters. The maximum Gasteiger partial charge on any atom is 0.331 e. The van der Waals surface area contributed by atoms with Gasteiger partial charge < -0.3 is 10.6 Å². The van der Waals surface area contributed by atoms with Gasteiger partial charge in [0.15, 0.2) is 0 Å². The molecular weight excluding hydrogens is 420 g/mol. The minimum absolute atomic E-state index is 0.116. The highest BCUT2D eigenvalue weighted by molar-refractivity contribution is 5.90. The molecule has 0 saturated heterocycles. The number of aromatic nitrogens is 2. The van der Waals surface area contributed by atoms with Crippen LogP contribution >= 0.6 is 0 Å². The molecule has 8 heteroatoms. The molecule has 0 fully saturated rings. The molecule has 0 bridgehead atoms. The molecule has 0 aliphatic heterocycles. The van der Waals surface area contributed by atoms with E-state index in [1.165, 1.54) is 4.57 Å². The Balaban J connectivity index is 1.70. The summed E-state index contributed by atoms with van der Waals surface area (Å²) in [4.78, 5) is 50.5. The Bertz CT molecular complexity index is 1240. The lowest BCUT2D eigenvalue weighted by molar-refractivity contribution is -0.121. The smallest absolute Gasteiger partial charge is 0.331 e. The second-order valence-electron chi connectivity index (χ2n) is 8.06. The van der Waals surface area contributed by atoms with E-state index in [2.05, 4.69) is 10.6 Å². The van der Waals surface area contributed by atoms with Gasteiger partial charge in [-0.3, -0.25) is 23.5 Å². The van der Waals surface area contributed by atoms with Gasteiger partial charge in [0.25, 0.3) is 5.56 Å². The Morgan fingerprint density at radius 3 is 2.36 bits per heavy atom. The van der Waals surface area contributed by atoms with Gasteiger partial charge in [0.1, 0.15) is 6.54 Å². The standard InChI is InChI=1S/C25H30N4O4/c1-3-15-26-23(31)17-29-21-9-5-4-8-20(21)24(32)28(25(29)33)16-7-6-10-22(30)27-19-13-11-18(2)12-14-19/h4-5,8-9,11-14H,3,6-7,10,15-17H2,1-2H3,(H,26,31)(H,27,30). The Morgan fingerprint density at radius 1 is 0.909 bits per heavy atom. The van der Waals surface area contributed by atoms with Crippen LogP contribution in [0.5, 0.6) is 0 Å². The maximum atomic E-state index is 13.1. The van der Waals surface area contributed by atoms with Gasteiger partial charge in [0.05, 0.1) is 10.9 Å². The van der Waals surface area contributed by atoms with Crippen LogP contribution in [0.3, 0.4) is 0 Å². The van der Waals surface area contributed by atoms with Crippen LogP contribution in [0.25, 0.3) is 10.9 Å². The lowest BCUT2D eigenvalue weighted by Crippen LogP contribution is -2.42. The van der Waals surface area contributed by atoms with Crippen LogP contribution < -0.4 is 21.9 Å². The summed E-state index contributed by atoms with van der Waals surface area (Å²) in [5, 5.41) is 6.00. The number of unbranched alkanes of at least 4 members (excludes halogenated alkanes) is 1. The number of rotatable bonds is 10. The summed E-state index contributed by atoms with van der Waals surface area (Å²) in [5.74, 6) is -0.392. The van der Waals surface area contributed by atoms with Crippen molar-refractivity contribution in [3.8, 4) is 0 Å². The van der Waals surface area contributed by atoms with Gasteiger partial charge in [0, 0.05) is 25.2 Å². The number of hydrogen-bond donors (Lipinski definition) is 2. The van der Waals surface area contributed by atoms with Crippen molar-refractivity contribution >= 4 is 28.4 Å². The van der Waals surface area contributed by atoms with Gasteiger partial charge in [-0.05, 0) is 50.5 Å². The van der Waals surface area contributed by atoms with Crippen molar-refractivity contribution in [1.29, 1.82) is 0 Å². The number of nitrogens with one attached hydrogen (secondary N) is 2. The number of fused-ring (bicyclic) bond motifs is 1. The summed E-state index contributed by atoms with van der Waals surface area (Å²) in [7, 11) is 0. The molecule has 8 nitrogen and oxygen atoms in total. The molecule has 2 N–H and O–H groups in total. The highest BCUT2D eigenvalue weighted by atomic mass is 16.2. The molecule has 2 aromatic carbocycles. The first-order valence-corrected chi connectivity index (χ1v) is 11.3. The van der Waals surface area contributed by atoms with Crippen LogP contribution in [0.1, 0.15) is 38.2 Å². The number of nitrogens with zero attached hydrogens (tertiary/aromatic N) is 2. The number of amides is 2. The van der Waals surface area contributed by atoms with Gasteiger partial charge in [0.2, 0.25) is 11.8 Å². The van der Waals surface area contributed by atoms with Crippen LogP contribution in [0.15, 0.2) is 58.1 Å². The molecule has 174 valence electrons. The van der Waals surface area contributed by atoms with E-state index in [1.54, 1.807) is 24.3 Å². The third kappa shape index (κ3) is 6.19. The zero-order chi connectivity index (χ0) is 23.8. The summed E-state index contributed by atoms with van der Waals surface area (Å²) < 4.78 is 2.50. The number of aryl methyl sites for hydroxylation is 1. The van der Waals surface area contributed by atoms with Crippen LogP contribution in [0, 0.1) is 6.92 Å². The van der Waals surface area contributed by atoms with Gasteiger partial charge in [-0.2, -0.15) is 0 Å². The number of carbonyl (C=O) groups is 2. The zero-order valence-corrected chi connectivity index (χ0v) is 19.1. The quantitative estimate of drug-likeness (QED) is 0.464. The Labute approximate surface area is 192 Å². The summed E-state index contributed by atoms with van der Waals surface area (Å²) in [5.41, 5.74) is 1.38. The van der Waals surface area contributed by atoms with Gasteiger partial charge >= 0.3 is 5.69 Å². The van der Waals surface area contributed by atoms with E-state index in [1.807, 2.05) is 38.1 Å². The topological polar surface area (TPSA) is 102 Å². The fourth-order valence-electron chi connectivity index (χ4n) is 3.60. The van der Waals surface area contributed by atoms with Crippen LogP contribution in [0.4, 0.5) is 5.69 Å². The lowest BCUT2D eigenvalue weighted by Gasteiger charge is -2.14. The van der Waals surface area contributed by atoms with E-state index in [9.17, 15) is 19.2 Å². The summed E-state index contributed by atoms with van der Waals surface area (Å²) >= 11 is 0. The van der Waals surface area contributed by atoms with E-state index in [0.717, 1.165) is 22.2 Å². The number of para-hydroxylation sites is 1. The molecule has 0 aliphatic rings. The molecule has 2 amide bonds. The lowest BCUT2D eigenvalue weighted by atomic mass is 10.2. The van der Waals surface area contributed by atoms with Crippen LogP contribution in [-0.4, -0.2) is 27.5 Å². The first-order valence-electron chi connectivity index (χ1n) is 11.3. The predicted molar refractivity (Wildman–Crippen MR) is 129 cm³/mol. The Morgan fingerprint density at radius 2 is 1.64 bits per heavy atom. The predicted octanol–water partition coefficient (Wildman–Crippen LogP) is 2.81. The van der Waals surface area contributed by atoms with Crippen molar-refractivity contribution in [1.82, 2.24) is 14.5 Å². The minimum atomic E-state index is -0.519. The largest absolute Gasteiger partial charge is 0.355 e. The minimum Gasteiger partial charge on any atom is -0.355 e. The third-order valence-electron chi connectivity index (χ3n) is 5.38. The number of carbonyl (C=O) groups excluding carboxylic acids is 2. The summed E-state index contributed by atoms with van der Waals surface area (Å²) in [6.45, 7) is 4.47. The molecule has 3 rings (SSSR count). The zero-order valence-electron chi connectivity index (χ0n) is 19.1. The first-order chi connectivity index (χ1) is 15.9. The van der Waals surface area contributed by atoms with E-state index in [-0.39, 0.29) is 36.9 Å². The average molecular weight is 451 g/mol. The van der Waals surface area contributed by atoms with Crippen molar-refractivity contribution in [2.24, 2.45) is 0 Å². The molecule has 1 aromatic heterocycles. The molecule has 0 saturated carbocycles. The molecular formula is C25H30N4O4. The summed E-state index contributed by atoms with van der Waals surface area (Å²) in [6.07, 6.45) is 2.08.